The molecule has 1 aliphatic carbocycles. The van der Waals surface area contributed by atoms with Crippen LogP contribution in [-0.2, 0) is 9.59 Å². The Morgan fingerprint density at radius 1 is 1.00 bits per heavy atom. The van der Waals surface area contributed by atoms with E-state index in [1.807, 2.05) is 0 Å². The second-order valence-electron chi connectivity index (χ2n) is 6.74. The van der Waals surface area contributed by atoms with E-state index in [1.54, 1.807) is 24.3 Å². The SMILES string of the molecule is O=C(CC(=O)NC1CCCC1)NCCCN1C(=O)c2ccccc2C1=O. The monoisotopic (exact) mass is 357 g/mol. The van der Waals surface area contributed by atoms with Gasteiger partial charge in [0.15, 0.2) is 0 Å². The van der Waals surface area contributed by atoms with Gasteiger partial charge >= 0.3 is 0 Å². The summed E-state index contributed by atoms with van der Waals surface area (Å²) in [6.45, 7) is 0.545. The van der Waals surface area contributed by atoms with Crippen molar-refractivity contribution in [3.8, 4) is 0 Å². The van der Waals surface area contributed by atoms with Crippen LogP contribution in [0.5, 0.6) is 0 Å². The highest BCUT2D eigenvalue weighted by Gasteiger charge is 2.34. The number of carbonyl (C=O) groups excluding carboxylic acids is 4. The van der Waals surface area contributed by atoms with Crippen molar-refractivity contribution in [1.82, 2.24) is 15.5 Å². The number of imide groups is 1. The zero-order valence-electron chi connectivity index (χ0n) is 14.6. The lowest BCUT2D eigenvalue weighted by Crippen LogP contribution is -2.38. The molecule has 2 aliphatic rings. The summed E-state index contributed by atoms with van der Waals surface area (Å²) in [4.78, 5) is 49.2. The van der Waals surface area contributed by atoms with E-state index in [1.165, 1.54) is 4.90 Å². The highest BCUT2D eigenvalue weighted by Crippen LogP contribution is 2.22. The quantitative estimate of drug-likeness (QED) is 0.436. The largest absolute Gasteiger partial charge is 0.356 e. The molecule has 0 radical (unpaired) electrons. The van der Waals surface area contributed by atoms with Gasteiger partial charge in [-0.25, -0.2) is 0 Å². The van der Waals surface area contributed by atoms with Crippen LogP contribution in [0.4, 0.5) is 0 Å². The van der Waals surface area contributed by atoms with Crippen LogP contribution in [0.1, 0.15) is 59.2 Å². The predicted octanol–water partition coefficient (Wildman–Crippen LogP) is 1.24. The van der Waals surface area contributed by atoms with Crippen molar-refractivity contribution in [2.45, 2.75) is 44.6 Å². The Morgan fingerprint density at radius 2 is 1.62 bits per heavy atom. The molecule has 0 unspecified atom stereocenters. The fourth-order valence-electron chi connectivity index (χ4n) is 3.46. The van der Waals surface area contributed by atoms with Gasteiger partial charge in [0.05, 0.1) is 11.1 Å². The Morgan fingerprint density at radius 3 is 2.23 bits per heavy atom. The summed E-state index contributed by atoms with van der Waals surface area (Å²) in [6, 6.07) is 6.93. The van der Waals surface area contributed by atoms with Crippen LogP contribution in [0, 0.1) is 0 Å². The predicted molar refractivity (Wildman–Crippen MR) is 94.5 cm³/mol. The maximum absolute atomic E-state index is 12.2. The zero-order valence-corrected chi connectivity index (χ0v) is 14.6. The van der Waals surface area contributed by atoms with E-state index >= 15 is 0 Å². The van der Waals surface area contributed by atoms with Gasteiger partial charge in [-0.05, 0) is 31.4 Å². The first-order valence-corrected chi connectivity index (χ1v) is 9.07. The average molecular weight is 357 g/mol. The molecule has 1 fully saturated rings. The Balaban J connectivity index is 1.36. The Kier molecular flexibility index (Phi) is 5.65. The van der Waals surface area contributed by atoms with E-state index < -0.39 is 0 Å². The fourth-order valence-corrected chi connectivity index (χ4v) is 3.46. The molecule has 1 aliphatic heterocycles. The van der Waals surface area contributed by atoms with E-state index in [2.05, 4.69) is 10.6 Å². The van der Waals surface area contributed by atoms with Crippen LogP contribution in [0.25, 0.3) is 0 Å². The second kappa shape index (κ2) is 8.12. The summed E-state index contributed by atoms with van der Waals surface area (Å²) in [5, 5.41) is 5.53. The van der Waals surface area contributed by atoms with E-state index in [0.29, 0.717) is 24.1 Å². The first-order chi connectivity index (χ1) is 12.6. The van der Waals surface area contributed by atoms with Crippen LogP contribution >= 0.6 is 0 Å². The number of hydrogen-bond donors (Lipinski definition) is 2. The van der Waals surface area contributed by atoms with E-state index in [-0.39, 0.29) is 42.6 Å². The Hall–Kier alpha value is -2.70. The number of fused-ring (bicyclic) bond motifs is 1. The number of nitrogens with one attached hydrogen (secondary N) is 2. The van der Waals surface area contributed by atoms with Gasteiger partial charge in [0.25, 0.3) is 11.8 Å². The van der Waals surface area contributed by atoms with Gasteiger partial charge in [-0.3, -0.25) is 24.1 Å². The van der Waals surface area contributed by atoms with Crippen molar-refractivity contribution < 1.29 is 19.2 Å². The van der Waals surface area contributed by atoms with Gasteiger partial charge in [-0.15, -0.1) is 0 Å². The van der Waals surface area contributed by atoms with E-state index in [0.717, 1.165) is 25.7 Å². The van der Waals surface area contributed by atoms with Crippen LogP contribution in [0.15, 0.2) is 24.3 Å². The lowest BCUT2D eigenvalue weighted by molar-refractivity contribution is -0.129. The molecule has 138 valence electrons. The van der Waals surface area contributed by atoms with E-state index in [4.69, 9.17) is 0 Å². The summed E-state index contributed by atoms with van der Waals surface area (Å²) in [5.74, 6) is -1.20. The second-order valence-corrected chi connectivity index (χ2v) is 6.74. The van der Waals surface area contributed by atoms with Gasteiger partial charge in [-0.2, -0.15) is 0 Å². The van der Waals surface area contributed by atoms with Crippen molar-refractivity contribution >= 4 is 23.6 Å². The molecule has 0 saturated heterocycles. The smallest absolute Gasteiger partial charge is 0.261 e. The summed E-state index contributed by atoms with van der Waals surface area (Å²) in [6.07, 6.45) is 4.45. The van der Waals surface area contributed by atoms with Gasteiger partial charge in [0.2, 0.25) is 11.8 Å². The molecule has 7 heteroatoms. The van der Waals surface area contributed by atoms with Crippen molar-refractivity contribution in [2.75, 3.05) is 13.1 Å². The maximum Gasteiger partial charge on any atom is 0.261 e. The number of hydrogen-bond acceptors (Lipinski definition) is 4. The van der Waals surface area contributed by atoms with Crippen molar-refractivity contribution in [3.63, 3.8) is 0 Å². The Bertz CT molecular complexity index is 690. The fraction of sp³-hybridized carbons (Fsp3) is 0.474. The molecule has 1 aromatic rings. The van der Waals surface area contributed by atoms with E-state index in [9.17, 15) is 19.2 Å². The number of carbonyl (C=O) groups is 4. The van der Waals surface area contributed by atoms with Crippen LogP contribution in [-0.4, -0.2) is 47.7 Å². The third kappa shape index (κ3) is 4.09. The van der Waals surface area contributed by atoms with Crippen LogP contribution < -0.4 is 10.6 Å². The van der Waals surface area contributed by atoms with Gasteiger partial charge < -0.3 is 10.6 Å². The van der Waals surface area contributed by atoms with Gasteiger partial charge in [-0.1, -0.05) is 25.0 Å². The lowest BCUT2D eigenvalue weighted by atomic mass is 10.1. The third-order valence-corrected chi connectivity index (χ3v) is 4.80. The molecule has 3 rings (SSSR count). The number of amides is 4. The Labute approximate surface area is 152 Å². The normalized spacial score (nSPS) is 16.7. The highest BCUT2D eigenvalue weighted by molar-refractivity contribution is 6.21. The molecule has 2 N–H and O–H groups in total. The summed E-state index contributed by atoms with van der Waals surface area (Å²) in [7, 11) is 0. The van der Waals surface area contributed by atoms with Crippen LogP contribution in [0.2, 0.25) is 0 Å². The minimum absolute atomic E-state index is 0.191. The molecule has 7 nitrogen and oxygen atoms in total. The molecule has 0 bridgehead atoms. The molecule has 26 heavy (non-hydrogen) atoms. The van der Waals surface area contributed by atoms with Gasteiger partial charge in [0.1, 0.15) is 6.42 Å². The van der Waals surface area contributed by atoms with Crippen molar-refractivity contribution in [3.05, 3.63) is 35.4 Å². The summed E-state index contributed by atoms with van der Waals surface area (Å²) in [5.41, 5.74) is 0.843. The third-order valence-electron chi connectivity index (χ3n) is 4.80. The molecule has 4 amide bonds. The van der Waals surface area contributed by atoms with Crippen LogP contribution in [0.3, 0.4) is 0 Å². The summed E-state index contributed by atoms with van der Waals surface area (Å²) < 4.78 is 0. The molecular weight excluding hydrogens is 334 g/mol. The number of nitrogens with zero attached hydrogens (tertiary/aromatic N) is 1. The summed E-state index contributed by atoms with van der Waals surface area (Å²) >= 11 is 0. The topological polar surface area (TPSA) is 95.6 Å². The molecule has 0 atom stereocenters. The molecule has 1 aromatic carbocycles. The van der Waals surface area contributed by atoms with Gasteiger partial charge in [0, 0.05) is 19.1 Å². The average Bonchev–Trinajstić information content (AvgIpc) is 3.20. The first-order valence-electron chi connectivity index (χ1n) is 9.07. The lowest BCUT2D eigenvalue weighted by Gasteiger charge is -2.14. The minimum atomic E-state index is -0.345. The number of benzene rings is 1. The van der Waals surface area contributed by atoms with Crippen molar-refractivity contribution in [2.24, 2.45) is 0 Å². The minimum Gasteiger partial charge on any atom is -0.356 e. The molecule has 1 heterocycles. The number of rotatable bonds is 7. The van der Waals surface area contributed by atoms with Crippen molar-refractivity contribution in [1.29, 1.82) is 0 Å². The molecular formula is C19H23N3O4. The highest BCUT2D eigenvalue weighted by atomic mass is 16.2. The zero-order chi connectivity index (χ0) is 18.5. The standard InChI is InChI=1S/C19H23N3O4/c23-16(12-17(24)21-13-6-1-2-7-13)20-10-5-11-22-18(25)14-8-3-4-9-15(14)19(22)26/h3-4,8-9,13H,1-2,5-7,10-12H2,(H,20,23)(H,21,24). The molecule has 1 saturated carbocycles. The first kappa shape index (κ1) is 18.1. The maximum atomic E-state index is 12.2. The molecule has 0 spiro atoms. The molecule has 0 aromatic heterocycles.